The highest BCUT2D eigenvalue weighted by Gasteiger charge is 2.69. The summed E-state index contributed by atoms with van der Waals surface area (Å²) in [6, 6.07) is 0. The van der Waals surface area contributed by atoms with Gasteiger partial charge < -0.3 is 9.84 Å². The molecule has 0 aromatic heterocycles. The molecule has 0 aromatic rings. The summed E-state index contributed by atoms with van der Waals surface area (Å²) in [4.78, 5) is 24.7. The quantitative estimate of drug-likeness (QED) is 0.311. The number of hydrogen-bond acceptors (Lipinski definition) is 3. The van der Waals surface area contributed by atoms with Gasteiger partial charge in [0.25, 0.3) is 0 Å². The Morgan fingerprint density at radius 3 is 2.19 bits per heavy atom. The molecule has 4 saturated carbocycles. The second-order valence-electron chi connectivity index (χ2n) is 15.6. The van der Waals surface area contributed by atoms with Gasteiger partial charge in [0, 0.05) is 12.3 Å². The van der Waals surface area contributed by atoms with Crippen molar-refractivity contribution in [3.8, 4) is 0 Å². The third-order valence-corrected chi connectivity index (χ3v) is 13.3. The maximum atomic E-state index is 12.8. The topological polar surface area (TPSA) is 63.6 Å². The van der Waals surface area contributed by atoms with E-state index >= 15 is 0 Å². The maximum Gasteiger partial charge on any atom is 0.310 e. The Morgan fingerprint density at radius 2 is 1.56 bits per heavy atom. The molecule has 0 spiro atoms. The minimum atomic E-state index is -0.574. The van der Waals surface area contributed by atoms with Crippen LogP contribution in [0.15, 0.2) is 11.6 Å². The normalized spacial score (nSPS) is 48.8. The van der Waals surface area contributed by atoms with Crippen LogP contribution in [0.3, 0.4) is 0 Å². The summed E-state index contributed by atoms with van der Waals surface area (Å²) in [5, 5.41) is 10.5. The summed E-state index contributed by atoms with van der Waals surface area (Å²) in [6.07, 6.45) is 12.6. The largest absolute Gasteiger partial charge is 0.481 e. The summed E-state index contributed by atoms with van der Waals surface area (Å²) in [5.74, 6) is 0.546. The van der Waals surface area contributed by atoms with E-state index < -0.39 is 11.4 Å². The van der Waals surface area contributed by atoms with E-state index in [9.17, 15) is 14.7 Å². The molecule has 0 heterocycles. The number of ether oxygens (including phenoxy) is 1. The first-order valence-corrected chi connectivity index (χ1v) is 14.6. The van der Waals surface area contributed by atoms with Crippen molar-refractivity contribution >= 4 is 11.9 Å². The van der Waals surface area contributed by atoms with Crippen LogP contribution < -0.4 is 0 Å². The average molecular weight is 499 g/mol. The predicted octanol–water partition coefficient (Wildman–Crippen LogP) is 7.80. The van der Waals surface area contributed by atoms with Crippen molar-refractivity contribution in [3.63, 3.8) is 0 Å². The van der Waals surface area contributed by atoms with Crippen molar-refractivity contribution < 1.29 is 19.4 Å². The van der Waals surface area contributed by atoms with Gasteiger partial charge in [-0.3, -0.25) is 9.59 Å². The van der Waals surface area contributed by atoms with Crippen LogP contribution >= 0.6 is 0 Å². The van der Waals surface area contributed by atoms with Crippen LogP contribution in [0.5, 0.6) is 0 Å². The van der Waals surface area contributed by atoms with E-state index in [1.165, 1.54) is 12.0 Å². The van der Waals surface area contributed by atoms with Crippen LogP contribution in [0.25, 0.3) is 0 Å². The van der Waals surface area contributed by atoms with E-state index in [2.05, 4.69) is 54.5 Å². The number of carbonyl (C=O) groups is 2. The first-order valence-electron chi connectivity index (χ1n) is 14.6. The number of aliphatic carboxylic acids is 1. The minimum absolute atomic E-state index is 0.00181. The molecule has 3 unspecified atom stereocenters. The number of hydrogen-bond donors (Lipinski definition) is 1. The average Bonchev–Trinajstić information content (AvgIpc) is 2.75. The fourth-order valence-electron chi connectivity index (χ4n) is 11.0. The molecular formula is C32H50O4. The summed E-state index contributed by atoms with van der Waals surface area (Å²) in [7, 11) is 0. The zero-order valence-electron chi connectivity index (χ0n) is 24.1. The highest BCUT2D eigenvalue weighted by Crippen LogP contribution is 2.75. The van der Waals surface area contributed by atoms with E-state index in [1.54, 1.807) is 6.92 Å². The first kappa shape index (κ1) is 26.3. The summed E-state index contributed by atoms with van der Waals surface area (Å²) in [5.41, 5.74) is 1.50. The molecule has 0 aliphatic heterocycles. The Balaban J connectivity index is 1.55. The number of carboxylic acids is 1. The van der Waals surface area contributed by atoms with Gasteiger partial charge in [0.2, 0.25) is 0 Å². The van der Waals surface area contributed by atoms with Crippen LogP contribution in [0, 0.1) is 50.2 Å². The second-order valence-corrected chi connectivity index (χ2v) is 15.6. The molecule has 1 N–H and O–H groups in total. The highest BCUT2D eigenvalue weighted by molar-refractivity contribution is 5.76. The fourth-order valence-corrected chi connectivity index (χ4v) is 11.0. The first-order chi connectivity index (χ1) is 16.5. The molecular weight excluding hydrogens is 448 g/mol. The molecule has 5 rings (SSSR count). The number of esters is 1. The van der Waals surface area contributed by atoms with E-state index in [4.69, 9.17) is 4.74 Å². The molecule has 8 atom stereocenters. The molecule has 4 fully saturated rings. The third-order valence-electron chi connectivity index (χ3n) is 13.3. The van der Waals surface area contributed by atoms with Gasteiger partial charge in [0.05, 0.1) is 5.41 Å². The van der Waals surface area contributed by atoms with Crippen molar-refractivity contribution in [2.24, 2.45) is 50.2 Å². The Kier molecular flexibility index (Phi) is 5.74. The molecule has 4 heteroatoms. The van der Waals surface area contributed by atoms with Crippen molar-refractivity contribution in [1.82, 2.24) is 0 Å². The Hall–Kier alpha value is -1.32. The monoisotopic (exact) mass is 498 g/mol. The molecule has 0 aromatic carbocycles. The molecule has 5 aliphatic carbocycles. The smallest absolute Gasteiger partial charge is 0.310 e. The number of rotatable bonds is 2. The van der Waals surface area contributed by atoms with Gasteiger partial charge in [-0.2, -0.15) is 0 Å². The number of carbonyl (C=O) groups excluding carboxylic acids is 1. The lowest BCUT2D eigenvalue weighted by atomic mass is 9.33. The Morgan fingerprint density at radius 1 is 0.889 bits per heavy atom. The van der Waals surface area contributed by atoms with Gasteiger partial charge in [-0.05, 0) is 104 Å². The van der Waals surface area contributed by atoms with Crippen LogP contribution in [-0.2, 0) is 14.3 Å². The van der Waals surface area contributed by atoms with E-state index in [0.717, 1.165) is 57.8 Å². The fraction of sp³-hybridized carbons (Fsp3) is 0.875. The summed E-state index contributed by atoms with van der Waals surface area (Å²) in [6.45, 7) is 18.5. The van der Waals surface area contributed by atoms with E-state index in [1.807, 2.05) is 0 Å². The second kappa shape index (κ2) is 7.85. The van der Waals surface area contributed by atoms with E-state index in [-0.39, 0.29) is 45.1 Å². The number of fused-ring (bicyclic) bond motifs is 7. The molecule has 0 bridgehead atoms. The Labute approximate surface area is 219 Å². The van der Waals surface area contributed by atoms with Gasteiger partial charge >= 0.3 is 11.9 Å². The van der Waals surface area contributed by atoms with Gasteiger partial charge in [0.1, 0.15) is 6.10 Å². The summed E-state index contributed by atoms with van der Waals surface area (Å²) < 4.78 is 5.87. The lowest BCUT2D eigenvalue weighted by Crippen LogP contribution is -2.65. The zero-order chi connectivity index (χ0) is 26.5. The van der Waals surface area contributed by atoms with Gasteiger partial charge in [-0.15, -0.1) is 0 Å². The van der Waals surface area contributed by atoms with Crippen molar-refractivity contribution in [2.45, 2.75) is 126 Å². The standard InChI is InChI=1S/C32H50O4/c1-20(33)36-25-12-13-29(6)23(28(25,4)5)11-14-31(8)24(29)10-9-21-22-19-27(2,3)15-17-32(22,26(34)35)18-16-30(21,31)7/h9,22-25H,10-19H2,1-8H3,(H,34,35)/t22-,23?,24?,25-,29-,30?,31+,32-/m0/s1. The van der Waals surface area contributed by atoms with Gasteiger partial charge in [-0.1, -0.05) is 60.1 Å². The van der Waals surface area contributed by atoms with Crippen LogP contribution in [0.4, 0.5) is 0 Å². The van der Waals surface area contributed by atoms with E-state index in [0.29, 0.717) is 11.8 Å². The van der Waals surface area contributed by atoms with Crippen LogP contribution in [0.1, 0.15) is 120 Å². The number of carboxylic acid groups (broad SMARTS) is 1. The molecule has 0 saturated heterocycles. The molecule has 202 valence electrons. The molecule has 4 nitrogen and oxygen atoms in total. The van der Waals surface area contributed by atoms with Crippen molar-refractivity contribution in [1.29, 1.82) is 0 Å². The maximum absolute atomic E-state index is 12.8. The number of allylic oxidation sites excluding steroid dienone is 2. The van der Waals surface area contributed by atoms with Crippen LogP contribution in [0.2, 0.25) is 0 Å². The molecule has 0 radical (unpaired) electrons. The zero-order valence-corrected chi connectivity index (χ0v) is 24.1. The summed E-state index contributed by atoms with van der Waals surface area (Å²) >= 11 is 0. The SMILES string of the molecule is CC(=O)O[C@H]1CC[C@@]2(C)C(CC[C@]3(C)C2CC=C2[C@@H]4CC(C)(C)CC[C@]4(C(=O)O)CCC23C)C1(C)C. The Bertz CT molecular complexity index is 992. The molecule has 0 amide bonds. The van der Waals surface area contributed by atoms with Crippen molar-refractivity contribution in [2.75, 3.05) is 0 Å². The van der Waals surface area contributed by atoms with Crippen molar-refractivity contribution in [3.05, 3.63) is 11.6 Å². The van der Waals surface area contributed by atoms with Gasteiger partial charge in [0.15, 0.2) is 0 Å². The lowest BCUT2D eigenvalue weighted by molar-refractivity contribution is -0.213. The molecule has 5 aliphatic rings. The third kappa shape index (κ3) is 3.30. The predicted molar refractivity (Wildman–Crippen MR) is 142 cm³/mol. The van der Waals surface area contributed by atoms with Gasteiger partial charge in [-0.25, -0.2) is 0 Å². The molecule has 36 heavy (non-hydrogen) atoms. The lowest BCUT2D eigenvalue weighted by Gasteiger charge is -2.71. The van der Waals surface area contributed by atoms with Crippen LogP contribution in [-0.4, -0.2) is 23.1 Å². The highest BCUT2D eigenvalue weighted by atomic mass is 16.5. The minimum Gasteiger partial charge on any atom is -0.481 e.